The second kappa shape index (κ2) is 7.02. The number of carbonyl (C=O) groups is 1. The number of likely N-dealkylation sites (N-methyl/N-ethyl adjacent to an activating group) is 1. The van der Waals surface area contributed by atoms with Gasteiger partial charge in [-0.05, 0) is 38.2 Å². The van der Waals surface area contributed by atoms with Crippen LogP contribution >= 0.6 is 11.3 Å². The summed E-state index contributed by atoms with van der Waals surface area (Å²) in [6.45, 7) is 2.88. The fourth-order valence-corrected chi connectivity index (χ4v) is 2.41. The van der Waals surface area contributed by atoms with E-state index >= 15 is 0 Å². The summed E-state index contributed by atoms with van der Waals surface area (Å²) in [5, 5.41) is 8.07. The molecule has 1 heterocycles. The summed E-state index contributed by atoms with van der Waals surface area (Å²) >= 11 is 1.41. The van der Waals surface area contributed by atoms with Crippen molar-refractivity contribution in [1.29, 1.82) is 0 Å². The van der Waals surface area contributed by atoms with Gasteiger partial charge in [0.05, 0.1) is 18.8 Å². The number of nitrogens with one attached hydrogen (secondary N) is 2. The maximum Gasteiger partial charge on any atom is 0.240 e. The maximum absolute atomic E-state index is 11.5. The molecule has 1 aromatic carbocycles. The molecule has 0 saturated carbocycles. The van der Waals surface area contributed by atoms with Crippen LogP contribution in [0.3, 0.4) is 0 Å². The van der Waals surface area contributed by atoms with Crippen molar-refractivity contribution in [1.82, 2.24) is 10.3 Å². The SMILES string of the molecule is CCOc1ccc(-c2csc(NC(=O)CNC)n2)cc1. The third-order valence-electron chi connectivity index (χ3n) is 2.55. The number of hydrogen-bond donors (Lipinski definition) is 2. The molecule has 0 atom stereocenters. The molecule has 2 aromatic rings. The molecule has 0 bridgehead atoms. The summed E-state index contributed by atoms with van der Waals surface area (Å²) in [5.74, 6) is 0.745. The lowest BCUT2D eigenvalue weighted by Gasteiger charge is -2.03. The van der Waals surface area contributed by atoms with Crippen LogP contribution < -0.4 is 15.4 Å². The first-order valence-corrected chi connectivity index (χ1v) is 7.24. The molecule has 0 aliphatic rings. The number of ether oxygens (including phenoxy) is 1. The van der Waals surface area contributed by atoms with Crippen molar-refractivity contribution in [3.05, 3.63) is 29.6 Å². The summed E-state index contributed by atoms with van der Waals surface area (Å²) in [6.07, 6.45) is 0. The van der Waals surface area contributed by atoms with Gasteiger partial charge in [-0.3, -0.25) is 4.79 Å². The van der Waals surface area contributed by atoms with Crippen LogP contribution in [0.2, 0.25) is 0 Å². The predicted octanol–water partition coefficient (Wildman–Crippen LogP) is 2.37. The van der Waals surface area contributed by atoms with Gasteiger partial charge < -0.3 is 15.4 Å². The van der Waals surface area contributed by atoms with Gasteiger partial charge in [-0.15, -0.1) is 11.3 Å². The van der Waals surface area contributed by atoms with Crippen molar-refractivity contribution in [2.24, 2.45) is 0 Å². The molecule has 6 heteroatoms. The number of amides is 1. The standard InChI is InChI=1S/C14H17N3O2S/c1-3-19-11-6-4-10(5-7-11)12-9-20-14(16-12)17-13(18)8-15-2/h4-7,9,15H,3,8H2,1-2H3,(H,16,17,18). The number of aromatic nitrogens is 1. The van der Waals surface area contributed by atoms with Crippen molar-refractivity contribution < 1.29 is 9.53 Å². The number of hydrogen-bond acceptors (Lipinski definition) is 5. The highest BCUT2D eigenvalue weighted by atomic mass is 32.1. The lowest BCUT2D eigenvalue weighted by atomic mass is 10.2. The fourth-order valence-electron chi connectivity index (χ4n) is 1.68. The third kappa shape index (κ3) is 3.79. The van der Waals surface area contributed by atoms with E-state index < -0.39 is 0 Å². The van der Waals surface area contributed by atoms with Crippen molar-refractivity contribution in [3.63, 3.8) is 0 Å². The smallest absolute Gasteiger partial charge is 0.240 e. The highest BCUT2D eigenvalue weighted by Crippen LogP contribution is 2.26. The van der Waals surface area contributed by atoms with E-state index in [1.165, 1.54) is 11.3 Å². The zero-order valence-electron chi connectivity index (χ0n) is 11.5. The highest BCUT2D eigenvalue weighted by molar-refractivity contribution is 7.14. The Labute approximate surface area is 122 Å². The lowest BCUT2D eigenvalue weighted by Crippen LogP contribution is -2.24. The number of carbonyl (C=O) groups excluding carboxylic acids is 1. The van der Waals surface area contributed by atoms with Gasteiger partial charge in [0, 0.05) is 10.9 Å². The van der Waals surface area contributed by atoms with Crippen molar-refractivity contribution >= 4 is 22.4 Å². The van der Waals surface area contributed by atoms with Crippen LogP contribution in [0.25, 0.3) is 11.3 Å². The highest BCUT2D eigenvalue weighted by Gasteiger charge is 2.07. The Kier molecular flexibility index (Phi) is 5.09. The molecule has 20 heavy (non-hydrogen) atoms. The summed E-state index contributed by atoms with van der Waals surface area (Å²) < 4.78 is 5.40. The van der Waals surface area contributed by atoms with Gasteiger partial charge >= 0.3 is 0 Å². The van der Waals surface area contributed by atoms with Crippen molar-refractivity contribution in [3.8, 4) is 17.0 Å². The summed E-state index contributed by atoms with van der Waals surface area (Å²) in [5.41, 5.74) is 1.84. The van der Waals surface area contributed by atoms with Crippen LogP contribution in [-0.4, -0.2) is 31.1 Å². The normalized spacial score (nSPS) is 10.3. The summed E-state index contributed by atoms with van der Waals surface area (Å²) in [7, 11) is 1.73. The Hall–Kier alpha value is -1.92. The van der Waals surface area contributed by atoms with E-state index in [2.05, 4.69) is 15.6 Å². The number of nitrogens with zero attached hydrogens (tertiary/aromatic N) is 1. The first kappa shape index (κ1) is 14.5. The molecular formula is C14H17N3O2S. The average molecular weight is 291 g/mol. The van der Waals surface area contributed by atoms with E-state index in [4.69, 9.17) is 4.74 Å². The Balaban J connectivity index is 2.06. The minimum atomic E-state index is -0.0971. The first-order valence-electron chi connectivity index (χ1n) is 6.36. The minimum Gasteiger partial charge on any atom is -0.494 e. The molecule has 1 aromatic heterocycles. The zero-order valence-corrected chi connectivity index (χ0v) is 12.3. The van der Waals surface area contributed by atoms with Gasteiger partial charge in [0.2, 0.25) is 5.91 Å². The van der Waals surface area contributed by atoms with Gasteiger partial charge in [-0.25, -0.2) is 4.98 Å². The van der Waals surface area contributed by atoms with Crippen LogP contribution in [0.5, 0.6) is 5.75 Å². The molecule has 0 spiro atoms. The monoisotopic (exact) mass is 291 g/mol. The Morgan fingerprint density at radius 1 is 1.35 bits per heavy atom. The van der Waals surface area contributed by atoms with Gasteiger partial charge in [0.15, 0.2) is 5.13 Å². The van der Waals surface area contributed by atoms with E-state index in [0.717, 1.165) is 17.0 Å². The molecule has 0 fully saturated rings. The molecule has 1 amide bonds. The average Bonchev–Trinajstić information content (AvgIpc) is 2.88. The Morgan fingerprint density at radius 2 is 2.10 bits per heavy atom. The van der Waals surface area contributed by atoms with Crippen molar-refractivity contribution in [2.45, 2.75) is 6.92 Å². The maximum atomic E-state index is 11.5. The largest absolute Gasteiger partial charge is 0.494 e. The molecule has 0 saturated heterocycles. The first-order chi connectivity index (χ1) is 9.72. The minimum absolute atomic E-state index is 0.0971. The molecule has 2 N–H and O–H groups in total. The van der Waals surface area contributed by atoms with E-state index in [1.54, 1.807) is 7.05 Å². The second-order valence-corrected chi connectivity index (χ2v) is 4.93. The van der Waals surface area contributed by atoms with E-state index in [1.807, 2.05) is 36.6 Å². The molecule has 2 rings (SSSR count). The topological polar surface area (TPSA) is 63.2 Å². The predicted molar refractivity (Wildman–Crippen MR) is 81.3 cm³/mol. The Morgan fingerprint density at radius 3 is 2.75 bits per heavy atom. The number of thiazole rings is 1. The van der Waals surface area contributed by atoms with Crippen LogP contribution in [0.1, 0.15) is 6.92 Å². The molecular weight excluding hydrogens is 274 g/mol. The van der Waals surface area contributed by atoms with E-state index in [-0.39, 0.29) is 12.5 Å². The van der Waals surface area contributed by atoms with Gasteiger partial charge in [-0.1, -0.05) is 0 Å². The fraction of sp³-hybridized carbons (Fsp3) is 0.286. The molecule has 0 unspecified atom stereocenters. The van der Waals surface area contributed by atoms with Crippen molar-refractivity contribution in [2.75, 3.05) is 25.5 Å². The van der Waals surface area contributed by atoms with Gasteiger partial charge in [0.25, 0.3) is 0 Å². The lowest BCUT2D eigenvalue weighted by molar-refractivity contribution is -0.115. The zero-order chi connectivity index (χ0) is 14.4. The van der Waals surface area contributed by atoms with E-state index in [9.17, 15) is 4.79 Å². The third-order valence-corrected chi connectivity index (χ3v) is 3.31. The van der Waals surface area contributed by atoms with Crippen LogP contribution in [-0.2, 0) is 4.79 Å². The molecule has 0 aliphatic heterocycles. The number of anilines is 1. The quantitative estimate of drug-likeness (QED) is 0.857. The number of benzene rings is 1. The van der Waals surface area contributed by atoms with Crippen LogP contribution in [0, 0.1) is 0 Å². The van der Waals surface area contributed by atoms with Crippen LogP contribution in [0.4, 0.5) is 5.13 Å². The molecule has 0 aliphatic carbocycles. The van der Waals surface area contributed by atoms with Gasteiger partial charge in [0.1, 0.15) is 5.75 Å². The van der Waals surface area contributed by atoms with Gasteiger partial charge in [-0.2, -0.15) is 0 Å². The molecule has 106 valence electrons. The Bertz CT molecular complexity index is 566. The van der Waals surface area contributed by atoms with E-state index in [0.29, 0.717) is 11.7 Å². The molecule has 0 radical (unpaired) electrons. The summed E-state index contributed by atoms with van der Waals surface area (Å²) in [4.78, 5) is 15.8. The number of rotatable bonds is 6. The van der Waals surface area contributed by atoms with Crippen LogP contribution in [0.15, 0.2) is 29.6 Å². The molecule has 5 nitrogen and oxygen atoms in total. The second-order valence-electron chi connectivity index (χ2n) is 4.07. The summed E-state index contributed by atoms with van der Waals surface area (Å²) in [6, 6.07) is 7.74.